The summed E-state index contributed by atoms with van der Waals surface area (Å²) in [5.74, 6) is 0.359. The first kappa shape index (κ1) is 13.5. The molecule has 0 amide bonds. The molecule has 0 spiro atoms. The Morgan fingerprint density at radius 2 is 2.12 bits per heavy atom. The molecule has 17 heavy (non-hydrogen) atoms. The van der Waals surface area contributed by atoms with E-state index in [9.17, 15) is 9.90 Å². The number of aromatic nitrogens is 2. The van der Waals surface area contributed by atoms with E-state index in [1.807, 2.05) is 11.9 Å². The van der Waals surface area contributed by atoms with Crippen LogP contribution in [0.3, 0.4) is 0 Å². The van der Waals surface area contributed by atoms with Crippen molar-refractivity contribution in [2.24, 2.45) is 13.0 Å². The summed E-state index contributed by atoms with van der Waals surface area (Å²) in [6, 6.07) is 0. The standard InChI is InChI=1S/C12H21N3O2/c1-8(2)6-7-14(4)11-10(12(16)17)9(3)13-15(11)5/h8H,6-7H2,1-5H3,(H,16,17). The fraction of sp³-hybridized carbons (Fsp3) is 0.667. The van der Waals surface area contributed by atoms with E-state index in [2.05, 4.69) is 18.9 Å². The zero-order valence-corrected chi connectivity index (χ0v) is 11.2. The molecule has 0 fully saturated rings. The van der Waals surface area contributed by atoms with Gasteiger partial charge in [0.2, 0.25) is 0 Å². The molecule has 0 aliphatic rings. The molecule has 5 nitrogen and oxygen atoms in total. The minimum Gasteiger partial charge on any atom is -0.477 e. The third-order valence-corrected chi connectivity index (χ3v) is 2.81. The summed E-state index contributed by atoms with van der Waals surface area (Å²) in [4.78, 5) is 13.2. The average Bonchev–Trinajstić information content (AvgIpc) is 2.49. The molecule has 0 aliphatic carbocycles. The van der Waals surface area contributed by atoms with Gasteiger partial charge >= 0.3 is 5.97 Å². The molecule has 0 saturated carbocycles. The normalized spacial score (nSPS) is 10.9. The van der Waals surface area contributed by atoms with Crippen LogP contribution in [0.5, 0.6) is 0 Å². The smallest absolute Gasteiger partial charge is 0.341 e. The van der Waals surface area contributed by atoms with Gasteiger partial charge in [-0.2, -0.15) is 5.10 Å². The maximum absolute atomic E-state index is 11.2. The highest BCUT2D eigenvalue weighted by Gasteiger charge is 2.22. The molecule has 0 saturated heterocycles. The number of hydrogen-bond donors (Lipinski definition) is 1. The first-order valence-electron chi connectivity index (χ1n) is 5.82. The summed E-state index contributed by atoms with van der Waals surface area (Å²) in [5.41, 5.74) is 0.866. The van der Waals surface area contributed by atoms with Crippen LogP contribution >= 0.6 is 0 Å². The van der Waals surface area contributed by atoms with Gasteiger partial charge in [-0.15, -0.1) is 0 Å². The molecule has 1 N–H and O–H groups in total. The minimum absolute atomic E-state index is 0.304. The molecule has 1 aromatic rings. The number of aryl methyl sites for hydroxylation is 2. The number of rotatable bonds is 5. The number of aromatic carboxylic acids is 1. The fourth-order valence-electron chi connectivity index (χ4n) is 1.89. The first-order valence-corrected chi connectivity index (χ1v) is 5.82. The predicted molar refractivity (Wildman–Crippen MR) is 67.6 cm³/mol. The predicted octanol–water partition coefficient (Wildman–Crippen LogP) is 1.91. The Hall–Kier alpha value is -1.52. The van der Waals surface area contributed by atoms with Gasteiger partial charge in [-0.3, -0.25) is 4.68 Å². The largest absolute Gasteiger partial charge is 0.477 e. The molecule has 0 aliphatic heterocycles. The Labute approximate surface area is 102 Å². The van der Waals surface area contributed by atoms with Crippen LogP contribution in [0.15, 0.2) is 0 Å². The molecule has 0 radical (unpaired) electrons. The summed E-state index contributed by atoms with van der Waals surface area (Å²) in [5, 5.41) is 13.4. The lowest BCUT2D eigenvalue weighted by molar-refractivity contribution is 0.0696. The van der Waals surface area contributed by atoms with Crippen molar-refractivity contribution in [3.8, 4) is 0 Å². The van der Waals surface area contributed by atoms with Crippen molar-refractivity contribution < 1.29 is 9.90 Å². The monoisotopic (exact) mass is 239 g/mol. The van der Waals surface area contributed by atoms with Gasteiger partial charge in [0.05, 0.1) is 5.69 Å². The van der Waals surface area contributed by atoms with Crippen LogP contribution in [0.25, 0.3) is 0 Å². The van der Waals surface area contributed by atoms with Crippen LogP contribution in [-0.4, -0.2) is 34.4 Å². The van der Waals surface area contributed by atoms with Crippen molar-refractivity contribution in [2.45, 2.75) is 27.2 Å². The van der Waals surface area contributed by atoms with Crippen LogP contribution in [0.4, 0.5) is 5.82 Å². The highest BCUT2D eigenvalue weighted by molar-refractivity contribution is 5.94. The van der Waals surface area contributed by atoms with Crippen molar-refractivity contribution in [2.75, 3.05) is 18.5 Å². The van der Waals surface area contributed by atoms with Crippen LogP contribution in [0, 0.1) is 12.8 Å². The summed E-state index contributed by atoms with van der Waals surface area (Å²) >= 11 is 0. The average molecular weight is 239 g/mol. The van der Waals surface area contributed by atoms with E-state index in [0.29, 0.717) is 23.0 Å². The van der Waals surface area contributed by atoms with Crippen molar-refractivity contribution in [1.82, 2.24) is 9.78 Å². The Bertz CT molecular complexity index is 410. The Morgan fingerprint density at radius 1 is 1.53 bits per heavy atom. The zero-order chi connectivity index (χ0) is 13.2. The van der Waals surface area contributed by atoms with Crippen molar-refractivity contribution >= 4 is 11.8 Å². The van der Waals surface area contributed by atoms with Gasteiger partial charge in [-0.05, 0) is 19.3 Å². The van der Waals surface area contributed by atoms with Crippen molar-refractivity contribution in [1.29, 1.82) is 0 Å². The van der Waals surface area contributed by atoms with E-state index in [0.717, 1.165) is 13.0 Å². The molecule has 0 aromatic carbocycles. The number of carboxylic acid groups (broad SMARTS) is 1. The van der Waals surface area contributed by atoms with Crippen molar-refractivity contribution in [3.63, 3.8) is 0 Å². The maximum atomic E-state index is 11.2. The molecule has 0 bridgehead atoms. The highest BCUT2D eigenvalue weighted by atomic mass is 16.4. The van der Waals surface area contributed by atoms with Crippen LogP contribution in [0.2, 0.25) is 0 Å². The number of nitrogens with zero attached hydrogens (tertiary/aromatic N) is 3. The van der Waals surface area contributed by atoms with Crippen molar-refractivity contribution in [3.05, 3.63) is 11.3 Å². The Kier molecular flexibility index (Phi) is 4.15. The molecule has 1 rings (SSSR count). The van der Waals surface area contributed by atoms with Gasteiger partial charge in [0.15, 0.2) is 0 Å². The SMILES string of the molecule is Cc1nn(C)c(N(C)CCC(C)C)c1C(=O)O. The number of carbonyl (C=O) groups is 1. The molecule has 0 atom stereocenters. The molecular weight excluding hydrogens is 218 g/mol. The summed E-state index contributed by atoms with van der Waals surface area (Å²) in [6.07, 6.45) is 1.03. The number of carboxylic acids is 1. The van der Waals surface area contributed by atoms with E-state index in [4.69, 9.17) is 0 Å². The third kappa shape index (κ3) is 2.99. The van der Waals surface area contributed by atoms with Gasteiger partial charge in [0.1, 0.15) is 11.4 Å². The van der Waals surface area contributed by atoms with E-state index in [-0.39, 0.29) is 0 Å². The lowest BCUT2D eigenvalue weighted by atomic mass is 10.1. The van der Waals surface area contributed by atoms with Gasteiger partial charge < -0.3 is 10.0 Å². The Balaban J connectivity index is 2.99. The van der Waals surface area contributed by atoms with E-state index >= 15 is 0 Å². The number of anilines is 1. The summed E-state index contributed by atoms with van der Waals surface area (Å²) in [7, 11) is 3.69. The highest BCUT2D eigenvalue weighted by Crippen LogP contribution is 2.22. The van der Waals surface area contributed by atoms with Gasteiger partial charge in [-0.25, -0.2) is 4.79 Å². The lowest BCUT2D eigenvalue weighted by Crippen LogP contribution is -2.24. The van der Waals surface area contributed by atoms with Gasteiger partial charge in [0, 0.05) is 20.6 Å². The zero-order valence-electron chi connectivity index (χ0n) is 11.2. The second-order valence-corrected chi connectivity index (χ2v) is 4.82. The quantitative estimate of drug-likeness (QED) is 0.852. The topological polar surface area (TPSA) is 58.4 Å². The van der Waals surface area contributed by atoms with Crippen LogP contribution in [-0.2, 0) is 7.05 Å². The Morgan fingerprint density at radius 3 is 2.59 bits per heavy atom. The van der Waals surface area contributed by atoms with E-state index in [1.165, 1.54) is 0 Å². The molecule has 96 valence electrons. The third-order valence-electron chi connectivity index (χ3n) is 2.81. The molecule has 1 aromatic heterocycles. The maximum Gasteiger partial charge on any atom is 0.341 e. The molecular formula is C12H21N3O2. The van der Waals surface area contributed by atoms with Gasteiger partial charge in [0.25, 0.3) is 0 Å². The molecule has 0 unspecified atom stereocenters. The number of hydrogen-bond acceptors (Lipinski definition) is 3. The fourth-order valence-corrected chi connectivity index (χ4v) is 1.89. The summed E-state index contributed by atoms with van der Waals surface area (Å²) in [6.45, 7) is 6.86. The lowest BCUT2D eigenvalue weighted by Gasteiger charge is -2.21. The summed E-state index contributed by atoms with van der Waals surface area (Å²) < 4.78 is 1.64. The van der Waals surface area contributed by atoms with E-state index in [1.54, 1.807) is 18.7 Å². The van der Waals surface area contributed by atoms with Crippen LogP contribution < -0.4 is 4.90 Å². The first-order chi connectivity index (χ1) is 7.84. The van der Waals surface area contributed by atoms with E-state index < -0.39 is 5.97 Å². The van der Waals surface area contributed by atoms with Gasteiger partial charge in [-0.1, -0.05) is 13.8 Å². The molecule has 5 heteroatoms. The minimum atomic E-state index is -0.915. The molecule has 1 heterocycles. The second kappa shape index (κ2) is 5.21. The second-order valence-electron chi connectivity index (χ2n) is 4.82. The van der Waals surface area contributed by atoms with Crippen LogP contribution in [0.1, 0.15) is 36.3 Å².